The molecule has 4 rings (SSSR count). The average Bonchev–Trinajstić information content (AvgIpc) is 3.71. The number of esters is 2. The molecule has 11 heteroatoms. The number of carbonyl (C=O) groups is 3. The van der Waals surface area contributed by atoms with Gasteiger partial charge in [0.15, 0.2) is 28.6 Å². The van der Waals surface area contributed by atoms with Gasteiger partial charge in [-0.25, -0.2) is 9.59 Å². The molecule has 6 N–H and O–H groups in total. The van der Waals surface area contributed by atoms with Crippen molar-refractivity contribution in [2.45, 2.75) is 56.0 Å². The van der Waals surface area contributed by atoms with Crippen LogP contribution < -0.4 is 5.32 Å². The number of rotatable bonds is 8. The van der Waals surface area contributed by atoms with Crippen molar-refractivity contribution in [2.75, 3.05) is 0 Å². The maximum atomic E-state index is 13.2. The van der Waals surface area contributed by atoms with Crippen molar-refractivity contribution in [3.63, 3.8) is 0 Å². The number of benzene rings is 2. The fraction of sp³-hybridized carbons (Fsp3) is 0.321. The summed E-state index contributed by atoms with van der Waals surface area (Å²) in [6.45, 7) is 0. The Morgan fingerprint density at radius 1 is 0.821 bits per heavy atom. The molecule has 2 fully saturated rings. The minimum atomic E-state index is -1.70. The van der Waals surface area contributed by atoms with Crippen LogP contribution in [0.2, 0.25) is 0 Å². The number of hydrogen-bond acceptors (Lipinski definition) is 10. The van der Waals surface area contributed by atoms with E-state index in [1.807, 2.05) is 0 Å². The van der Waals surface area contributed by atoms with Gasteiger partial charge in [-0.2, -0.15) is 0 Å². The first-order valence-electron chi connectivity index (χ1n) is 12.4. The molecular weight excluding hydrogens is 510 g/mol. The van der Waals surface area contributed by atoms with Crippen LogP contribution >= 0.6 is 0 Å². The number of nitrogens with one attached hydrogen (secondary N) is 1. The molecule has 0 aromatic heterocycles. The van der Waals surface area contributed by atoms with Crippen molar-refractivity contribution in [2.24, 2.45) is 0 Å². The van der Waals surface area contributed by atoms with Crippen molar-refractivity contribution in [3.05, 3.63) is 59.7 Å². The first kappa shape index (κ1) is 27.5. The van der Waals surface area contributed by atoms with Gasteiger partial charge in [-0.1, -0.05) is 12.1 Å². The molecule has 2 aliphatic rings. The zero-order valence-corrected chi connectivity index (χ0v) is 20.8. The SMILES string of the molecule is O=C(/C=C/c1ccc(O)c(O)c1)O[C@@H]1C[C@](OC(=O)/C=C/c2ccc(O)c(O)c2)(C(=O)NC2CC2)CC[C@H]1O. The van der Waals surface area contributed by atoms with Gasteiger partial charge >= 0.3 is 11.9 Å². The Kier molecular flexibility index (Phi) is 8.10. The molecule has 2 aromatic carbocycles. The second kappa shape index (κ2) is 11.5. The van der Waals surface area contributed by atoms with Gasteiger partial charge in [0, 0.05) is 24.6 Å². The van der Waals surface area contributed by atoms with Gasteiger partial charge in [-0.05, 0) is 73.2 Å². The van der Waals surface area contributed by atoms with Gasteiger partial charge < -0.3 is 40.3 Å². The molecule has 0 heterocycles. The quantitative estimate of drug-likeness (QED) is 0.165. The molecule has 0 unspecified atom stereocenters. The number of phenolic OH excluding ortho intramolecular Hbond substituents is 4. The molecule has 206 valence electrons. The number of carbonyl (C=O) groups excluding carboxylic acids is 3. The summed E-state index contributed by atoms with van der Waals surface area (Å²) in [4.78, 5) is 38.5. The van der Waals surface area contributed by atoms with Crippen molar-refractivity contribution in [1.29, 1.82) is 0 Å². The summed E-state index contributed by atoms with van der Waals surface area (Å²) in [7, 11) is 0. The molecule has 0 bridgehead atoms. The van der Waals surface area contributed by atoms with Crippen LogP contribution in [0.4, 0.5) is 0 Å². The molecule has 39 heavy (non-hydrogen) atoms. The molecular formula is C28H29NO10. The van der Waals surface area contributed by atoms with E-state index in [1.54, 1.807) is 0 Å². The summed E-state index contributed by atoms with van der Waals surface area (Å²) in [5.41, 5.74) is -0.886. The lowest BCUT2D eigenvalue weighted by Crippen LogP contribution is -2.57. The summed E-state index contributed by atoms with van der Waals surface area (Å²) < 4.78 is 11.0. The fourth-order valence-electron chi connectivity index (χ4n) is 4.17. The van der Waals surface area contributed by atoms with Gasteiger partial charge in [-0.3, -0.25) is 4.79 Å². The first-order chi connectivity index (χ1) is 18.5. The largest absolute Gasteiger partial charge is 0.504 e. The summed E-state index contributed by atoms with van der Waals surface area (Å²) in [5.74, 6) is -3.59. The normalized spacial score (nSPS) is 23.0. The van der Waals surface area contributed by atoms with Gasteiger partial charge in [-0.15, -0.1) is 0 Å². The van der Waals surface area contributed by atoms with Crippen LogP contribution in [0, 0.1) is 0 Å². The van der Waals surface area contributed by atoms with E-state index in [2.05, 4.69) is 5.32 Å². The summed E-state index contributed by atoms with van der Waals surface area (Å²) in [6, 6.07) is 7.89. The lowest BCUT2D eigenvalue weighted by Gasteiger charge is -2.40. The number of aliphatic hydroxyl groups excluding tert-OH is 1. The average molecular weight is 540 g/mol. The standard InChI is InChI=1S/C28H29NO10/c30-19-7-1-16(13-22(19)33)3-9-25(35)38-24-15-28(12-11-21(24)32,27(37)29-18-5-6-18)39-26(36)10-4-17-2-8-20(31)23(34)14-17/h1-4,7-10,13-14,18,21,24,30-34H,5-6,11-12,15H2,(H,29,37)/b9-3+,10-4+/t21-,24-,28+/m1/s1. The summed E-state index contributed by atoms with van der Waals surface area (Å²) >= 11 is 0. The number of amides is 1. The monoisotopic (exact) mass is 539 g/mol. The maximum Gasteiger partial charge on any atom is 0.331 e. The van der Waals surface area contributed by atoms with E-state index >= 15 is 0 Å². The third-order valence-corrected chi connectivity index (χ3v) is 6.52. The number of ether oxygens (including phenoxy) is 2. The number of hydrogen-bond donors (Lipinski definition) is 6. The Hall–Kier alpha value is -4.51. The fourth-order valence-corrected chi connectivity index (χ4v) is 4.17. The van der Waals surface area contributed by atoms with Gasteiger partial charge in [0.05, 0.1) is 6.10 Å². The molecule has 0 spiro atoms. The predicted molar refractivity (Wildman–Crippen MR) is 137 cm³/mol. The highest BCUT2D eigenvalue weighted by Gasteiger charge is 2.51. The highest BCUT2D eigenvalue weighted by atomic mass is 16.6. The number of aromatic hydroxyl groups is 4. The highest BCUT2D eigenvalue weighted by Crippen LogP contribution is 2.36. The molecule has 0 saturated heterocycles. The molecule has 3 atom stereocenters. The lowest BCUT2D eigenvalue weighted by atomic mass is 9.80. The predicted octanol–water partition coefficient (Wildman–Crippen LogP) is 2.25. The van der Waals surface area contributed by atoms with Crippen LogP contribution in [-0.4, -0.2) is 67.2 Å². The van der Waals surface area contributed by atoms with E-state index in [-0.39, 0.29) is 48.3 Å². The zero-order chi connectivity index (χ0) is 28.2. The molecule has 11 nitrogen and oxygen atoms in total. The van der Waals surface area contributed by atoms with Gasteiger partial charge in [0.2, 0.25) is 0 Å². The van der Waals surface area contributed by atoms with Gasteiger partial charge in [0.25, 0.3) is 5.91 Å². The third kappa shape index (κ3) is 7.08. The summed E-state index contributed by atoms with van der Waals surface area (Å²) in [6.07, 6.45) is 3.91. The Morgan fingerprint density at radius 2 is 1.38 bits per heavy atom. The first-order valence-corrected chi connectivity index (χ1v) is 12.4. The molecule has 1 amide bonds. The maximum absolute atomic E-state index is 13.2. The van der Waals surface area contributed by atoms with Crippen LogP contribution in [0.1, 0.15) is 43.2 Å². The second-order valence-electron chi connectivity index (χ2n) is 9.61. The van der Waals surface area contributed by atoms with E-state index in [4.69, 9.17) is 9.47 Å². The van der Waals surface area contributed by atoms with Crippen LogP contribution in [0.3, 0.4) is 0 Å². The Labute approximate surface area is 223 Å². The topological polar surface area (TPSA) is 183 Å². The minimum absolute atomic E-state index is 0.00295. The Balaban J connectivity index is 1.47. The van der Waals surface area contributed by atoms with Gasteiger partial charge in [0.1, 0.15) is 6.10 Å². The van der Waals surface area contributed by atoms with E-state index in [1.165, 1.54) is 48.6 Å². The van der Waals surface area contributed by atoms with Crippen molar-refractivity contribution >= 4 is 30.0 Å². The molecule has 0 aliphatic heterocycles. The van der Waals surface area contributed by atoms with Crippen LogP contribution in [0.25, 0.3) is 12.2 Å². The smallest absolute Gasteiger partial charge is 0.331 e. The van der Waals surface area contributed by atoms with Crippen LogP contribution in [0.15, 0.2) is 48.6 Å². The van der Waals surface area contributed by atoms with E-state index in [0.29, 0.717) is 11.1 Å². The van der Waals surface area contributed by atoms with Crippen molar-refractivity contribution < 1.29 is 49.4 Å². The van der Waals surface area contributed by atoms with E-state index < -0.39 is 35.7 Å². The summed E-state index contributed by atoms with van der Waals surface area (Å²) in [5, 5.41) is 51.4. The number of aliphatic hydroxyl groups is 1. The molecule has 2 saturated carbocycles. The second-order valence-corrected chi connectivity index (χ2v) is 9.61. The zero-order valence-electron chi connectivity index (χ0n) is 20.8. The highest BCUT2D eigenvalue weighted by molar-refractivity contribution is 5.93. The third-order valence-electron chi connectivity index (χ3n) is 6.52. The minimum Gasteiger partial charge on any atom is -0.504 e. The Bertz CT molecular complexity index is 1320. The van der Waals surface area contributed by atoms with Crippen molar-refractivity contribution in [1.82, 2.24) is 5.32 Å². The molecule has 2 aromatic rings. The van der Waals surface area contributed by atoms with Crippen molar-refractivity contribution in [3.8, 4) is 23.0 Å². The number of phenols is 4. The van der Waals surface area contributed by atoms with E-state index in [9.17, 15) is 39.9 Å². The lowest BCUT2D eigenvalue weighted by molar-refractivity contribution is -0.184. The van der Waals surface area contributed by atoms with E-state index in [0.717, 1.165) is 25.0 Å². The van der Waals surface area contributed by atoms with Crippen LogP contribution in [-0.2, 0) is 23.9 Å². The molecule has 2 aliphatic carbocycles. The van der Waals surface area contributed by atoms with Crippen LogP contribution in [0.5, 0.6) is 23.0 Å². The molecule has 0 radical (unpaired) electrons. The Morgan fingerprint density at radius 3 is 1.92 bits per heavy atom.